The predicted octanol–water partition coefficient (Wildman–Crippen LogP) is 1.95. The number of carbonyl (C=O) groups is 4. The molecule has 1 aliphatic heterocycles. The summed E-state index contributed by atoms with van der Waals surface area (Å²) in [6.07, 6.45) is 1.82. The first-order valence-electron chi connectivity index (χ1n) is 14.8. The second kappa shape index (κ2) is 14.7. The molecule has 4 amide bonds. The quantitative estimate of drug-likeness (QED) is 0.242. The van der Waals surface area contributed by atoms with Crippen LogP contribution in [-0.4, -0.2) is 68.3 Å². The van der Waals surface area contributed by atoms with E-state index in [1.807, 2.05) is 44.2 Å². The summed E-state index contributed by atoms with van der Waals surface area (Å²) < 4.78 is 5.67. The van der Waals surface area contributed by atoms with Crippen LogP contribution >= 0.6 is 11.3 Å². The maximum atomic E-state index is 13.4. The highest BCUT2D eigenvalue weighted by Crippen LogP contribution is 2.26. The van der Waals surface area contributed by atoms with Gasteiger partial charge in [0, 0.05) is 43.8 Å². The van der Waals surface area contributed by atoms with E-state index >= 15 is 0 Å². The van der Waals surface area contributed by atoms with Crippen LogP contribution in [-0.2, 0) is 22.4 Å². The van der Waals surface area contributed by atoms with E-state index in [0.29, 0.717) is 17.1 Å². The van der Waals surface area contributed by atoms with Crippen LogP contribution in [0.3, 0.4) is 0 Å². The minimum atomic E-state index is -0.703. The molecule has 4 bridgehead atoms. The molecular formula is C31H34N8O6S. The molecule has 0 spiro atoms. The van der Waals surface area contributed by atoms with Gasteiger partial charge in [0.25, 0.3) is 17.4 Å². The Balaban J connectivity index is 1.41. The van der Waals surface area contributed by atoms with Crippen molar-refractivity contribution in [3.05, 3.63) is 98.0 Å². The molecule has 1 aliphatic rings. The number of H-pyrrole nitrogens is 1. The Labute approximate surface area is 268 Å². The molecule has 4 heterocycles. The van der Waals surface area contributed by atoms with Crippen molar-refractivity contribution in [1.29, 1.82) is 0 Å². The lowest BCUT2D eigenvalue weighted by molar-refractivity contribution is -0.136. The molecule has 4 N–H and O–H groups in total. The van der Waals surface area contributed by atoms with Crippen LogP contribution in [0, 0.1) is 5.92 Å². The maximum absolute atomic E-state index is 13.4. The molecule has 0 saturated heterocycles. The lowest BCUT2D eigenvalue weighted by atomic mass is 10.0. The third kappa shape index (κ3) is 8.29. The fourth-order valence-corrected chi connectivity index (χ4v) is 5.89. The number of nitrogens with zero attached hydrogens (tertiary/aromatic N) is 4. The number of thiazole rings is 1. The first kappa shape index (κ1) is 32.2. The summed E-state index contributed by atoms with van der Waals surface area (Å²) in [7, 11) is 0. The normalized spacial score (nSPS) is 17.9. The fourth-order valence-electron chi connectivity index (χ4n) is 4.87. The molecule has 1 aromatic carbocycles. The van der Waals surface area contributed by atoms with Crippen LogP contribution in [0.1, 0.15) is 75.5 Å². The molecule has 4 aromatic rings. The first-order chi connectivity index (χ1) is 22.2. The Hall–Kier alpha value is -5.18. The monoisotopic (exact) mass is 646 g/mol. The van der Waals surface area contributed by atoms with E-state index < -0.39 is 29.8 Å². The molecule has 15 heteroatoms. The number of benzene rings is 1. The van der Waals surface area contributed by atoms with Crippen molar-refractivity contribution < 1.29 is 23.6 Å². The maximum Gasteiger partial charge on any atom is 0.273 e. The highest BCUT2D eigenvalue weighted by molar-refractivity contribution is 7.09. The van der Waals surface area contributed by atoms with E-state index in [1.165, 1.54) is 34.6 Å². The van der Waals surface area contributed by atoms with Crippen LogP contribution in [0.15, 0.2) is 63.3 Å². The number of amides is 4. The Morgan fingerprint density at radius 2 is 1.83 bits per heavy atom. The Kier molecular flexibility index (Phi) is 10.3. The number of nitrogens with one attached hydrogen (secondary N) is 4. The molecule has 5 rings (SSSR count). The summed E-state index contributed by atoms with van der Waals surface area (Å²) in [4.78, 5) is 74.6. The van der Waals surface area contributed by atoms with Crippen LogP contribution in [0.4, 0.5) is 0 Å². The number of fused-ring (bicyclic) bond motifs is 4. The Morgan fingerprint density at radius 3 is 2.57 bits per heavy atom. The smallest absolute Gasteiger partial charge is 0.273 e. The van der Waals surface area contributed by atoms with Gasteiger partial charge in [-0.2, -0.15) is 5.10 Å². The van der Waals surface area contributed by atoms with Gasteiger partial charge >= 0.3 is 0 Å². The largest absolute Gasteiger partial charge is 0.446 e. The highest BCUT2D eigenvalue weighted by atomic mass is 32.1. The van der Waals surface area contributed by atoms with Gasteiger partial charge in [0.2, 0.25) is 17.7 Å². The van der Waals surface area contributed by atoms with E-state index in [1.54, 1.807) is 5.38 Å². The summed E-state index contributed by atoms with van der Waals surface area (Å²) in [5, 5.41) is 17.1. The zero-order chi connectivity index (χ0) is 32.6. The molecule has 240 valence electrons. The standard InChI is InChI=1S/C31H34N8O6S/c1-18(2)27-31-35-23(17-46-31)29(44)33-21(14-19-6-4-3-5-7-19)30-34-22(16-45-30)28(43)32-12-13-39(15-25(41)36-27)26(42)11-9-20-8-10-24(40)38-37-20/h3-8,10,16-18,21,27H,9,11-15H2,1-2H3,(H,32,43)(H,33,44)(H,36,41)(H,38,40)/t21-,27-/m0/s1. The third-order valence-corrected chi connectivity index (χ3v) is 8.26. The van der Waals surface area contributed by atoms with Crippen LogP contribution < -0.4 is 21.5 Å². The van der Waals surface area contributed by atoms with Crippen LogP contribution in [0.2, 0.25) is 0 Å². The highest BCUT2D eigenvalue weighted by Gasteiger charge is 2.28. The molecule has 0 fully saturated rings. The van der Waals surface area contributed by atoms with Crippen molar-refractivity contribution in [2.24, 2.45) is 5.92 Å². The minimum Gasteiger partial charge on any atom is -0.446 e. The molecule has 46 heavy (non-hydrogen) atoms. The zero-order valence-corrected chi connectivity index (χ0v) is 26.1. The SMILES string of the molecule is CC(C)[C@@H]1NC(=O)CN(C(=O)CCc2ccc(=O)[nH]n2)CCNC(=O)c2coc(n2)[C@H](Cc2ccccc2)NC(=O)c2csc1n2. The van der Waals surface area contributed by atoms with E-state index in [4.69, 9.17) is 4.42 Å². The van der Waals surface area contributed by atoms with Crippen molar-refractivity contribution in [3.8, 4) is 0 Å². The van der Waals surface area contributed by atoms with Gasteiger partial charge in [-0.15, -0.1) is 11.3 Å². The number of hydrogen-bond donors (Lipinski definition) is 4. The van der Waals surface area contributed by atoms with Crippen molar-refractivity contribution in [3.63, 3.8) is 0 Å². The molecule has 0 saturated carbocycles. The minimum absolute atomic E-state index is 0.00101. The third-order valence-electron chi connectivity index (χ3n) is 7.33. The molecule has 2 atom stereocenters. The predicted molar refractivity (Wildman–Crippen MR) is 167 cm³/mol. The van der Waals surface area contributed by atoms with Crippen molar-refractivity contribution in [2.75, 3.05) is 19.6 Å². The number of rotatable bonds is 6. The summed E-state index contributed by atoms with van der Waals surface area (Å²) >= 11 is 1.25. The number of aromatic amines is 1. The van der Waals surface area contributed by atoms with E-state index in [2.05, 4.69) is 36.1 Å². The lowest BCUT2D eigenvalue weighted by Crippen LogP contribution is -2.45. The fraction of sp³-hybridized carbons (Fsp3) is 0.355. The van der Waals surface area contributed by atoms with Gasteiger partial charge in [0.1, 0.15) is 23.0 Å². The second-order valence-corrected chi connectivity index (χ2v) is 12.0. The zero-order valence-electron chi connectivity index (χ0n) is 25.3. The van der Waals surface area contributed by atoms with Gasteiger partial charge in [-0.1, -0.05) is 44.2 Å². The van der Waals surface area contributed by atoms with Gasteiger partial charge in [-0.05, 0) is 17.5 Å². The molecule has 0 radical (unpaired) electrons. The van der Waals surface area contributed by atoms with Crippen LogP contribution in [0.5, 0.6) is 0 Å². The summed E-state index contributed by atoms with van der Waals surface area (Å²) in [6.45, 7) is 3.64. The van der Waals surface area contributed by atoms with Crippen molar-refractivity contribution >= 4 is 35.0 Å². The van der Waals surface area contributed by atoms with Gasteiger partial charge in [0.15, 0.2) is 5.69 Å². The van der Waals surface area contributed by atoms with E-state index in [9.17, 15) is 24.0 Å². The molecule has 0 aliphatic carbocycles. The number of oxazole rings is 1. The molecule has 0 unspecified atom stereocenters. The first-order valence-corrected chi connectivity index (χ1v) is 15.7. The van der Waals surface area contributed by atoms with Crippen LogP contribution in [0.25, 0.3) is 0 Å². The summed E-state index contributed by atoms with van der Waals surface area (Å²) in [5.74, 6) is -1.70. The number of aromatic nitrogens is 4. The molecule has 3 aromatic heterocycles. The molecular weight excluding hydrogens is 612 g/mol. The Bertz CT molecular complexity index is 1730. The number of aryl methyl sites for hydroxylation is 1. The lowest BCUT2D eigenvalue weighted by Gasteiger charge is -2.25. The van der Waals surface area contributed by atoms with Crippen molar-refractivity contribution in [1.82, 2.24) is 41.0 Å². The number of hydrogen-bond acceptors (Lipinski definition) is 10. The van der Waals surface area contributed by atoms with Crippen molar-refractivity contribution in [2.45, 2.75) is 45.2 Å². The average molecular weight is 647 g/mol. The summed E-state index contributed by atoms with van der Waals surface area (Å²) in [5.41, 5.74) is 1.24. The van der Waals surface area contributed by atoms with Gasteiger partial charge in [-0.25, -0.2) is 15.1 Å². The van der Waals surface area contributed by atoms with Gasteiger partial charge in [-0.3, -0.25) is 24.0 Å². The molecule has 14 nitrogen and oxygen atoms in total. The van der Waals surface area contributed by atoms with E-state index in [-0.39, 0.29) is 67.1 Å². The van der Waals surface area contributed by atoms with Gasteiger partial charge in [0.05, 0.1) is 18.3 Å². The van der Waals surface area contributed by atoms with Gasteiger partial charge < -0.3 is 25.3 Å². The number of carbonyl (C=O) groups excluding carboxylic acids is 4. The topological polar surface area (TPSA) is 192 Å². The summed E-state index contributed by atoms with van der Waals surface area (Å²) in [6, 6.07) is 11.1. The Morgan fingerprint density at radius 1 is 1.02 bits per heavy atom. The average Bonchev–Trinajstić information content (AvgIpc) is 3.73. The second-order valence-electron chi connectivity index (χ2n) is 11.1. The van der Waals surface area contributed by atoms with E-state index in [0.717, 1.165) is 5.56 Å².